The zero-order valence-corrected chi connectivity index (χ0v) is 16.5. The molecule has 0 aliphatic heterocycles. The molecule has 4 rings (SSSR count). The number of amides is 1. The minimum Gasteiger partial charge on any atom is -0.322 e. The first-order valence-corrected chi connectivity index (χ1v) is 9.55. The number of carbonyl (C=O) groups is 2. The molecule has 3 aromatic rings. The lowest BCUT2D eigenvalue weighted by atomic mass is 9.76. The molecule has 1 aliphatic carbocycles. The van der Waals surface area contributed by atoms with Crippen molar-refractivity contribution in [2.75, 3.05) is 5.32 Å². The van der Waals surface area contributed by atoms with E-state index < -0.39 is 0 Å². The van der Waals surface area contributed by atoms with Crippen molar-refractivity contribution in [2.24, 2.45) is 5.41 Å². The van der Waals surface area contributed by atoms with Crippen molar-refractivity contribution in [3.05, 3.63) is 83.2 Å². The SMILES string of the molecule is Cc1cc2c(n1-c1cccc(NC(=O)c3ccccc3)c1)CC(C)(C)CC2=O. The number of hydrogen-bond acceptors (Lipinski definition) is 2. The standard InChI is InChI=1S/C24H24N2O2/c1-16-12-20-21(14-24(2,3)15-22(20)27)26(16)19-11-7-10-18(13-19)25-23(28)17-8-5-4-6-9-17/h4-13H,14-15H2,1-3H3,(H,25,28). The molecule has 0 spiro atoms. The third-order valence-electron chi connectivity index (χ3n) is 5.27. The second-order valence-corrected chi connectivity index (χ2v) is 8.29. The van der Waals surface area contributed by atoms with E-state index in [9.17, 15) is 9.59 Å². The smallest absolute Gasteiger partial charge is 0.255 e. The first-order chi connectivity index (χ1) is 13.3. The molecule has 1 heterocycles. The Labute approximate surface area is 165 Å². The third-order valence-corrected chi connectivity index (χ3v) is 5.27. The number of nitrogens with one attached hydrogen (secondary N) is 1. The number of anilines is 1. The maximum atomic E-state index is 12.6. The third kappa shape index (κ3) is 3.38. The van der Waals surface area contributed by atoms with Gasteiger partial charge >= 0.3 is 0 Å². The van der Waals surface area contributed by atoms with Crippen LogP contribution in [0.1, 0.15) is 52.4 Å². The number of Topliss-reactive ketones (excluding diaryl/α,β-unsaturated/α-hetero) is 1. The van der Waals surface area contributed by atoms with Crippen LogP contribution in [0.15, 0.2) is 60.7 Å². The molecule has 0 unspecified atom stereocenters. The maximum Gasteiger partial charge on any atom is 0.255 e. The van der Waals surface area contributed by atoms with Gasteiger partial charge in [0.25, 0.3) is 5.91 Å². The Morgan fingerprint density at radius 2 is 1.75 bits per heavy atom. The van der Waals surface area contributed by atoms with Crippen molar-refractivity contribution in [1.29, 1.82) is 0 Å². The highest BCUT2D eigenvalue weighted by molar-refractivity contribution is 6.04. The van der Waals surface area contributed by atoms with Crippen molar-refractivity contribution in [3.8, 4) is 5.69 Å². The number of aromatic nitrogens is 1. The summed E-state index contributed by atoms with van der Waals surface area (Å²) in [5.74, 6) is 0.0713. The Morgan fingerprint density at radius 1 is 1.00 bits per heavy atom. The van der Waals surface area contributed by atoms with E-state index in [-0.39, 0.29) is 17.1 Å². The fourth-order valence-electron chi connectivity index (χ4n) is 4.03. The largest absolute Gasteiger partial charge is 0.322 e. The summed E-state index contributed by atoms with van der Waals surface area (Å²) in [5.41, 5.74) is 5.18. The van der Waals surface area contributed by atoms with Gasteiger partial charge in [0.05, 0.1) is 0 Å². The Morgan fingerprint density at radius 3 is 2.50 bits per heavy atom. The summed E-state index contributed by atoms with van der Waals surface area (Å²) in [6.07, 6.45) is 1.43. The Balaban J connectivity index is 1.69. The quantitative estimate of drug-likeness (QED) is 0.687. The van der Waals surface area contributed by atoms with Crippen molar-refractivity contribution >= 4 is 17.4 Å². The van der Waals surface area contributed by atoms with E-state index in [0.29, 0.717) is 12.0 Å². The Kier molecular flexibility index (Phi) is 4.42. The Hall–Kier alpha value is -3.14. The first-order valence-electron chi connectivity index (χ1n) is 9.55. The lowest BCUT2D eigenvalue weighted by Gasteiger charge is -2.30. The average Bonchev–Trinajstić information content (AvgIpc) is 2.98. The second kappa shape index (κ2) is 6.79. The molecule has 1 aliphatic rings. The monoisotopic (exact) mass is 372 g/mol. The van der Waals surface area contributed by atoms with Crippen LogP contribution in [-0.2, 0) is 6.42 Å². The number of rotatable bonds is 3. The van der Waals surface area contributed by atoms with Crippen LogP contribution in [0.4, 0.5) is 5.69 Å². The molecule has 0 fully saturated rings. The van der Waals surface area contributed by atoms with E-state index in [4.69, 9.17) is 0 Å². The number of hydrogen-bond donors (Lipinski definition) is 1. The molecule has 0 radical (unpaired) electrons. The van der Waals surface area contributed by atoms with Crippen molar-refractivity contribution in [3.63, 3.8) is 0 Å². The van der Waals surface area contributed by atoms with E-state index in [2.05, 4.69) is 23.7 Å². The number of benzene rings is 2. The molecule has 28 heavy (non-hydrogen) atoms. The number of nitrogens with zero attached hydrogens (tertiary/aromatic N) is 1. The molecule has 0 bridgehead atoms. The molecule has 1 amide bonds. The minimum atomic E-state index is -0.139. The molecule has 0 saturated carbocycles. The molecule has 4 heteroatoms. The van der Waals surface area contributed by atoms with Crippen molar-refractivity contribution in [2.45, 2.75) is 33.6 Å². The van der Waals surface area contributed by atoms with Crippen LogP contribution in [0.2, 0.25) is 0 Å². The number of fused-ring (bicyclic) bond motifs is 1. The van der Waals surface area contributed by atoms with Crippen LogP contribution < -0.4 is 5.32 Å². The number of aryl methyl sites for hydroxylation is 1. The second-order valence-electron chi connectivity index (χ2n) is 8.29. The van der Waals surface area contributed by atoms with Gasteiger partial charge in [0.15, 0.2) is 5.78 Å². The summed E-state index contributed by atoms with van der Waals surface area (Å²) in [5, 5.41) is 2.97. The normalized spacial score (nSPS) is 15.2. The van der Waals surface area contributed by atoms with Gasteiger partial charge in [-0.1, -0.05) is 38.1 Å². The van der Waals surface area contributed by atoms with Gasteiger partial charge in [0, 0.05) is 40.3 Å². The summed E-state index contributed by atoms with van der Waals surface area (Å²) in [4.78, 5) is 25.1. The van der Waals surface area contributed by atoms with Crippen LogP contribution in [-0.4, -0.2) is 16.3 Å². The van der Waals surface area contributed by atoms with Gasteiger partial charge in [-0.3, -0.25) is 9.59 Å². The van der Waals surface area contributed by atoms with E-state index in [1.54, 1.807) is 12.1 Å². The van der Waals surface area contributed by atoms with Crippen LogP contribution in [0, 0.1) is 12.3 Å². The van der Waals surface area contributed by atoms with E-state index >= 15 is 0 Å². The van der Waals surface area contributed by atoms with Crippen molar-refractivity contribution < 1.29 is 9.59 Å². The predicted molar refractivity (Wildman–Crippen MR) is 111 cm³/mol. The predicted octanol–water partition coefficient (Wildman–Crippen LogP) is 5.19. The summed E-state index contributed by atoms with van der Waals surface area (Å²) in [7, 11) is 0. The molecule has 0 saturated heterocycles. The summed E-state index contributed by atoms with van der Waals surface area (Å²) >= 11 is 0. The van der Waals surface area contributed by atoms with E-state index in [1.165, 1.54) is 0 Å². The van der Waals surface area contributed by atoms with Crippen LogP contribution in [0.5, 0.6) is 0 Å². The maximum absolute atomic E-state index is 12.6. The van der Waals surface area contributed by atoms with E-state index in [0.717, 1.165) is 34.7 Å². The number of carbonyl (C=O) groups excluding carboxylic acids is 2. The fourth-order valence-corrected chi connectivity index (χ4v) is 4.03. The molecular formula is C24H24N2O2. The van der Waals surface area contributed by atoms with Crippen LogP contribution >= 0.6 is 0 Å². The van der Waals surface area contributed by atoms with Gasteiger partial charge in [0.1, 0.15) is 0 Å². The Bertz CT molecular complexity index is 1060. The fraction of sp³-hybridized carbons (Fsp3) is 0.250. The molecular weight excluding hydrogens is 348 g/mol. The zero-order valence-electron chi connectivity index (χ0n) is 16.5. The highest BCUT2D eigenvalue weighted by Crippen LogP contribution is 2.37. The van der Waals surface area contributed by atoms with Gasteiger partial charge < -0.3 is 9.88 Å². The highest BCUT2D eigenvalue weighted by atomic mass is 16.1. The molecule has 142 valence electrons. The molecule has 0 atom stereocenters. The molecule has 2 aromatic carbocycles. The van der Waals surface area contributed by atoms with Gasteiger partial charge in [-0.05, 0) is 55.2 Å². The highest BCUT2D eigenvalue weighted by Gasteiger charge is 2.34. The lowest BCUT2D eigenvalue weighted by molar-refractivity contribution is 0.0910. The lowest BCUT2D eigenvalue weighted by Crippen LogP contribution is -2.27. The van der Waals surface area contributed by atoms with Gasteiger partial charge in [0.2, 0.25) is 0 Å². The van der Waals surface area contributed by atoms with Gasteiger partial charge in [-0.25, -0.2) is 0 Å². The number of ketones is 1. The molecule has 1 N–H and O–H groups in total. The molecule has 1 aromatic heterocycles. The van der Waals surface area contributed by atoms with Gasteiger partial charge in [-0.15, -0.1) is 0 Å². The van der Waals surface area contributed by atoms with Gasteiger partial charge in [-0.2, -0.15) is 0 Å². The first kappa shape index (κ1) is 18.2. The summed E-state index contributed by atoms with van der Waals surface area (Å²) < 4.78 is 2.15. The van der Waals surface area contributed by atoms with E-state index in [1.807, 2.05) is 55.5 Å². The van der Waals surface area contributed by atoms with Crippen LogP contribution in [0.25, 0.3) is 5.69 Å². The summed E-state index contributed by atoms with van der Waals surface area (Å²) in [6, 6.07) is 18.9. The van der Waals surface area contributed by atoms with Crippen LogP contribution in [0.3, 0.4) is 0 Å². The molecule has 4 nitrogen and oxygen atoms in total. The minimum absolute atomic E-state index is 0.0498. The van der Waals surface area contributed by atoms with Crippen molar-refractivity contribution in [1.82, 2.24) is 4.57 Å². The average molecular weight is 372 g/mol. The summed E-state index contributed by atoms with van der Waals surface area (Å²) in [6.45, 7) is 6.29. The topological polar surface area (TPSA) is 51.1 Å². The zero-order chi connectivity index (χ0) is 19.9.